The first kappa shape index (κ1) is 8.74. The molecule has 72 valence electrons. The molecule has 4 heteroatoms. The Morgan fingerprint density at radius 1 is 0.929 bits per heavy atom. The van der Waals surface area contributed by atoms with Crippen LogP contribution in [0, 0.1) is 0 Å². The molecule has 2 rings (SSSR count). The van der Waals surface area contributed by atoms with Crippen molar-refractivity contribution < 1.29 is 19.1 Å². The van der Waals surface area contributed by atoms with Crippen LogP contribution in [0.2, 0.25) is 0 Å². The van der Waals surface area contributed by atoms with E-state index < -0.39 is 11.9 Å². The van der Waals surface area contributed by atoms with E-state index in [-0.39, 0.29) is 13.2 Å². The summed E-state index contributed by atoms with van der Waals surface area (Å²) in [4.78, 5) is 22.6. The Kier molecular flexibility index (Phi) is 2.18. The lowest BCUT2D eigenvalue weighted by Gasteiger charge is -2.01. The van der Waals surface area contributed by atoms with Gasteiger partial charge in [-0.15, -0.1) is 0 Å². The lowest BCUT2D eigenvalue weighted by Crippen LogP contribution is -2.10. The Morgan fingerprint density at radius 2 is 1.43 bits per heavy atom. The number of carbonyl (C=O) groups excluding carboxylic acids is 2. The maximum absolute atomic E-state index is 11.3. The molecule has 1 aromatic rings. The maximum atomic E-state index is 11.3. The van der Waals surface area contributed by atoms with Gasteiger partial charge in [0.1, 0.15) is 13.2 Å². The number of hydrogen-bond donors (Lipinski definition) is 0. The highest BCUT2D eigenvalue weighted by Crippen LogP contribution is 2.10. The number of esters is 2. The van der Waals surface area contributed by atoms with E-state index >= 15 is 0 Å². The summed E-state index contributed by atoms with van der Waals surface area (Å²) in [6, 6.07) is 6.30. The summed E-state index contributed by atoms with van der Waals surface area (Å²) in [5, 5.41) is 0. The molecule has 14 heavy (non-hydrogen) atoms. The number of rotatable bonds is 0. The van der Waals surface area contributed by atoms with Gasteiger partial charge in [-0.3, -0.25) is 0 Å². The lowest BCUT2D eigenvalue weighted by molar-refractivity contribution is 0.0277. The second-order valence-corrected chi connectivity index (χ2v) is 2.85. The number of benzene rings is 1. The van der Waals surface area contributed by atoms with Crippen molar-refractivity contribution in [3.05, 3.63) is 35.4 Å². The molecule has 0 aromatic heterocycles. The molecule has 1 heterocycles. The van der Waals surface area contributed by atoms with E-state index in [1.807, 2.05) is 0 Å². The normalized spacial score (nSPS) is 16.0. The molecule has 0 radical (unpaired) electrons. The Labute approximate surface area is 80.4 Å². The van der Waals surface area contributed by atoms with Crippen LogP contribution in [0.25, 0.3) is 0 Å². The molecule has 1 aliphatic heterocycles. The van der Waals surface area contributed by atoms with Gasteiger partial charge in [0.2, 0.25) is 0 Å². The van der Waals surface area contributed by atoms with Gasteiger partial charge < -0.3 is 9.47 Å². The lowest BCUT2D eigenvalue weighted by atomic mass is 10.1. The van der Waals surface area contributed by atoms with E-state index in [1.54, 1.807) is 18.2 Å². The van der Waals surface area contributed by atoms with E-state index in [0.29, 0.717) is 11.1 Å². The zero-order valence-electron chi connectivity index (χ0n) is 7.36. The summed E-state index contributed by atoms with van der Waals surface area (Å²) in [5.41, 5.74) is 0.753. The Bertz CT molecular complexity index is 350. The summed E-state index contributed by atoms with van der Waals surface area (Å²) in [7, 11) is 0. The van der Waals surface area contributed by atoms with Gasteiger partial charge in [-0.05, 0) is 18.2 Å². The minimum Gasteiger partial charge on any atom is -0.458 e. The summed E-state index contributed by atoms with van der Waals surface area (Å²) >= 11 is 0. The molecule has 0 unspecified atom stereocenters. The molecule has 0 saturated heterocycles. The first-order chi connectivity index (χ1) is 6.77. The van der Waals surface area contributed by atoms with Crippen LogP contribution >= 0.6 is 0 Å². The van der Waals surface area contributed by atoms with Crippen LogP contribution in [0.1, 0.15) is 20.7 Å². The van der Waals surface area contributed by atoms with Gasteiger partial charge >= 0.3 is 11.9 Å². The summed E-state index contributed by atoms with van der Waals surface area (Å²) < 4.78 is 9.67. The van der Waals surface area contributed by atoms with E-state index in [9.17, 15) is 9.59 Å². The molecule has 4 nitrogen and oxygen atoms in total. The molecule has 1 aromatic carbocycles. The Morgan fingerprint density at radius 3 is 1.93 bits per heavy atom. The van der Waals surface area contributed by atoms with Crippen molar-refractivity contribution in [2.75, 3.05) is 13.2 Å². The van der Waals surface area contributed by atoms with Crippen LogP contribution < -0.4 is 0 Å². The fourth-order valence-electron chi connectivity index (χ4n) is 1.21. The van der Waals surface area contributed by atoms with Gasteiger partial charge in [0.05, 0.1) is 11.1 Å². The van der Waals surface area contributed by atoms with Crippen LogP contribution in [0.15, 0.2) is 24.3 Å². The SMILES string of the molecule is O=C1OCCOC(=O)c2cccc1c2. The summed E-state index contributed by atoms with van der Waals surface area (Å²) in [6.07, 6.45) is 0. The van der Waals surface area contributed by atoms with Gasteiger partial charge in [-0.2, -0.15) is 0 Å². The monoisotopic (exact) mass is 192 g/mol. The molecule has 0 atom stereocenters. The van der Waals surface area contributed by atoms with Crippen LogP contribution in [0.5, 0.6) is 0 Å². The first-order valence-corrected chi connectivity index (χ1v) is 4.22. The predicted molar refractivity (Wildman–Crippen MR) is 47.0 cm³/mol. The van der Waals surface area contributed by atoms with Gasteiger partial charge in [0.15, 0.2) is 0 Å². The van der Waals surface area contributed by atoms with Crippen LogP contribution in [-0.4, -0.2) is 25.2 Å². The van der Waals surface area contributed by atoms with Crippen LogP contribution in [0.3, 0.4) is 0 Å². The van der Waals surface area contributed by atoms with E-state index in [4.69, 9.17) is 9.47 Å². The highest BCUT2D eigenvalue weighted by molar-refractivity contribution is 5.95. The van der Waals surface area contributed by atoms with Crippen molar-refractivity contribution in [2.24, 2.45) is 0 Å². The minimum atomic E-state index is -0.426. The Balaban J connectivity index is 2.43. The number of fused-ring (bicyclic) bond motifs is 2. The molecule has 0 aliphatic carbocycles. The first-order valence-electron chi connectivity index (χ1n) is 4.22. The average Bonchev–Trinajstić information content (AvgIpc) is 2.26. The smallest absolute Gasteiger partial charge is 0.338 e. The quantitative estimate of drug-likeness (QED) is 0.576. The van der Waals surface area contributed by atoms with Crippen molar-refractivity contribution in [1.29, 1.82) is 0 Å². The van der Waals surface area contributed by atoms with Gasteiger partial charge in [-0.1, -0.05) is 6.07 Å². The third kappa shape index (κ3) is 1.59. The highest BCUT2D eigenvalue weighted by atomic mass is 16.6. The van der Waals surface area contributed by atoms with Crippen molar-refractivity contribution in [2.45, 2.75) is 0 Å². The van der Waals surface area contributed by atoms with Gasteiger partial charge in [0, 0.05) is 0 Å². The fraction of sp³-hybridized carbons (Fsp3) is 0.200. The third-order valence-corrected chi connectivity index (χ3v) is 1.88. The van der Waals surface area contributed by atoms with Crippen LogP contribution in [0.4, 0.5) is 0 Å². The van der Waals surface area contributed by atoms with Crippen molar-refractivity contribution in [3.63, 3.8) is 0 Å². The predicted octanol–water partition coefficient (Wildman–Crippen LogP) is 1.01. The van der Waals surface area contributed by atoms with Crippen molar-refractivity contribution in [1.82, 2.24) is 0 Å². The zero-order chi connectivity index (χ0) is 9.97. The molecule has 0 amide bonds. The van der Waals surface area contributed by atoms with Gasteiger partial charge in [0.25, 0.3) is 0 Å². The molecule has 0 fully saturated rings. The molecule has 0 N–H and O–H groups in total. The third-order valence-electron chi connectivity index (χ3n) is 1.88. The van der Waals surface area contributed by atoms with E-state index in [1.165, 1.54) is 6.07 Å². The zero-order valence-corrected chi connectivity index (χ0v) is 7.36. The Hall–Kier alpha value is -1.84. The maximum Gasteiger partial charge on any atom is 0.338 e. The molecule has 0 saturated carbocycles. The molecular formula is C10H8O4. The molecular weight excluding hydrogens is 184 g/mol. The minimum absolute atomic E-state index is 0.100. The summed E-state index contributed by atoms with van der Waals surface area (Å²) in [5.74, 6) is -0.852. The topological polar surface area (TPSA) is 52.6 Å². The second kappa shape index (κ2) is 3.49. The van der Waals surface area contributed by atoms with E-state index in [0.717, 1.165) is 0 Å². The van der Waals surface area contributed by atoms with E-state index in [2.05, 4.69) is 0 Å². The molecule has 0 spiro atoms. The molecule has 1 aliphatic rings. The molecule has 2 bridgehead atoms. The van der Waals surface area contributed by atoms with Crippen molar-refractivity contribution >= 4 is 11.9 Å². The summed E-state index contributed by atoms with van der Waals surface area (Å²) in [6.45, 7) is 0.200. The number of hydrogen-bond acceptors (Lipinski definition) is 4. The fourth-order valence-corrected chi connectivity index (χ4v) is 1.21. The number of cyclic esters (lactones) is 2. The average molecular weight is 192 g/mol. The van der Waals surface area contributed by atoms with Crippen LogP contribution in [-0.2, 0) is 9.47 Å². The van der Waals surface area contributed by atoms with Gasteiger partial charge in [-0.25, -0.2) is 9.59 Å². The second-order valence-electron chi connectivity index (χ2n) is 2.85. The standard InChI is InChI=1S/C10H8O4/c11-9-7-2-1-3-8(6-7)10(12)14-5-4-13-9/h1-3,6H,4-5H2. The number of ether oxygens (including phenoxy) is 2. The van der Waals surface area contributed by atoms with Crippen molar-refractivity contribution in [3.8, 4) is 0 Å². The largest absolute Gasteiger partial charge is 0.458 e. The number of carbonyl (C=O) groups is 2. The highest BCUT2D eigenvalue weighted by Gasteiger charge is 2.14.